The van der Waals surface area contributed by atoms with Gasteiger partial charge in [0.25, 0.3) is 0 Å². The van der Waals surface area contributed by atoms with Crippen molar-refractivity contribution in [1.29, 1.82) is 0 Å². The van der Waals surface area contributed by atoms with E-state index < -0.39 is 0 Å². The Kier molecular flexibility index (Phi) is 3.97. The van der Waals surface area contributed by atoms with Crippen molar-refractivity contribution in [2.24, 2.45) is 0 Å². The Morgan fingerprint density at radius 2 is 2.31 bits per heavy atom. The largest absolute Gasteiger partial charge is 0.383 e. The lowest BCUT2D eigenvalue weighted by Crippen LogP contribution is -2.24. The molecule has 88 valence electrons. The van der Waals surface area contributed by atoms with Gasteiger partial charge in [-0.25, -0.2) is 0 Å². The van der Waals surface area contributed by atoms with Crippen molar-refractivity contribution in [2.75, 3.05) is 26.8 Å². The van der Waals surface area contributed by atoms with E-state index in [1.165, 1.54) is 18.4 Å². The molecule has 0 spiro atoms. The van der Waals surface area contributed by atoms with E-state index in [4.69, 9.17) is 4.74 Å². The van der Waals surface area contributed by atoms with E-state index in [0.717, 1.165) is 19.7 Å². The molecular weight excluding hydrogens is 198 g/mol. The second kappa shape index (κ2) is 5.46. The molecule has 1 atom stereocenters. The molecular formula is C14H21NO. The Labute approximate surface area is 98.0 Å². The maximum atomic E-state index is 5.03. The highest BCUT2D eigenvalue weighted by molar-refractivity contribution is 5.38. The highest BCUT2D eigenvalue weighted by Crippen LogP contribution is 2.32. The second-order valence-electron chi connectivity index (χ2n) is 4.63. The van der Waals surface area contributed by atoms with E-state index >= 15 is 0 Å². The molecule has 0 saturated carbocycles. The van der Waals surface area contributed by atoms with Gasteiger partial charge in [-0.1, -0.05) is 23.8 Å². The van der Waals surface area contributed by atoms with Gasteiger partial charge in [-0.3, -0.25) is 0 Å². The number of nitrogens with one attached hydrogen (secondary N) is 1. The molecule has 0 saturated heterocycles. The first kappa shape index (κ1) is 11.6. The van der Waals surface area contributed by atoms with E-state index in [-0.39, 0.29) is 0 Å². The highest BCUT2D eigenvalue weighted by atomic mass is 16.5. The maximum Gasteiger partial charge on any atom is 0.0587 e. The van der Waals surface area contributed by atoms with Crippen LogP contribution in [0.1, 0.15) is 29.0 Å². The Morgan fingerprint density at radius 1 is 1.44 bits per heavy atom. The van der Waals surface area contributed by atoms with E-state index in [1.54, 1.807) is 18.2 Å². The third kappa shape index (κ3) is 2.63. The molecule has 2 nitrogen and oxygen atoms in total. The first-order valence-electron chi connectivity index (χ1n) is 6.10. The van der Waals surface area contributed by atoms with Gasteiger partial charge in [0.05, 0.1) is 6.61 Å². The molecule has 0 heterocycles. The Bertz CT molecular complexity index is 349. The molecule has 0 radical (unpaired) electrons. The quantitative estimate of drug-likeness (QED) is 0.767. The van der Waals surface area contributed by atoms with Gasteiger partial charge in [0.2, 0.25) is 0 Å². The molecule has 1 unspecified atom stereocenters. The van der Waals surface area contributed by atoms with Crippen LogP contribution in [0.2, 0.25) is 0 Å². The van der Waals surface area contributed by atoms with Gasteiger partial charge in [0.15, 0.2) is 0 Å². The summed E-state index contributed by atoms with van der Waals surface area (Å²) in [5.74, 6) is 0.701. The minimum Gasteiger partial charge on any atom is -0.383 e. The Hall–Kier alpha value is -0.860. The van der Waals surface area contributed by atoms with Crippen molar-refractivity contribution in [3.8, 4) is 0 Å². The van der Waals surface area contributed by atoms with Gasteiger partial charge in [0, 0.05) is 20.2 Å². The molecule has 1 aliphatic carbocycles. The normalized spacial score (nSPS) is 18.8. The lowest BCUT2D eigenvalue weighted by atomic mass is 9.99. The lowest BCUT2D eigenvalue weighted by Gasteiger charge is -2.13. The number of hydrogen-bond donors (Lipinski definition) is 1. The van der Waals surface area contributed by atoms with Crippen molar-refractivity contribution < 1.29 is 4.74 Å². The summed E-state index contributed by atoms with van der Waals surface area (Å²) in [5, 5.41) is 3.46. The summed E-state index contributed by atoms with van der Waals surface area (Å²) in [5.41, 5.74) is 4.48. The zero-order valence-corrected chi connectivity index (χ0v) is 10.3. The fourth-order valence-corrected chi connectivity index (χ4v) is 2.47. The van der Waals surface area contributed by atoms with E-state index in [1.807, 2.05) is 0 Å². The number of aryl methyl sites for hydroxylation is 2. The number of rotatable bonds is 5. The Morgan fingerprint density at radius 3 is 3.12 bits per heavy atom. The van der Waals surface area contributed by atoms with Gasteiger partial charge in [-0.15, -0.1) is 0 Å². The summed E-state index contributed by atoms with van der Waals surface area (Å²) in [6.07, 6.45) is 2.53. The number of methoxy groups -OCH3 is 1. The zero-order chi connectivity index (χ0) is 11.4. The third-order valence-electron chi connectivity index (χ3n) is 3.38. The molecule has 1 N–H and O–H groups in total. The summed E-state index contributed by atoms with van der Waals surface area (Å²) < 4.78 is 5.03. The van der Waals surface area contributed by atoms with Crippen LogP contribution in [0.4, 0.5) is 0 Å². The van der Waals surface area contributed by atoms with Crippen molar-refractivity contribution in [3.63, 3.8) is 0 Å². The molecule has 2 heteroatoms. The monoisotopic (exact) mass is 219 g/mol. The van der Waals surface area contributed by atoms with Crippen LogP contribution in [0.15, 0.2) is 18.2 Å². The first-order chi connectivity index (χ1) is 7.81. The molecule has 1 aromatic carbocycles. The first-order valence-corrected chi connectivity index (χ1v) is 6.10. The van der Waals surface area contributed by atoms with Crippen molar-refractivity contribution in [3.05, 3.63) is 34.9 Å². The van der Waals surface area contributed by atoms with E-state index in [9.17, 15) is 0 Å². The van der Waals surface area contributed by atoms with Crippen molar-refractivity contribution in [2.45, 2.75) is 25.7 Å². The fourth-order valence-electron chi connectivity index (χ4n) is 2.47. The molecule has 1 aliphatic rings. The second-order valence-corrected chi connectivity index (χ2v) is 4.63. The van der Waals surface area contributed by atoms with Crippen LogP contribution in [0.3, 0.4) is 0 Å². The Balaban J connectivity index is 1.92. The van der Waals surface area contributed by atoms with Crippen molar-refractivity contribution in [1.82, 2.24) is 5.32 Å². The molecule has 0 bridgehead atoms. The minimum absolute atomic E-state index is 0.701. The molecule has 0 amide bonds. The highest BCUT2D eigenvalue weighted by Gasteiger charge is 2.21. The third-order valence-corrected chi connectivity index (χ3v) is 3.38. The SMILES string of the molecule is COCCNCC1CCc2ccc(C)cc21. The molecule has 0 fully saturated rings. The standard InChI is InChI=1S/C14H21NO/c1-11-3-4-12-5-6-13(14(12)9-11)10-15-7-8-16-2/h3-4,9,13,15H,5-8,10H2,1-2H3. The number of hydrogen-bond acceptors (Lipinski definition) is 2. The summed E-state index contributed by atoms with van der Waals surface area (Å²) in [6, 6.07) is 6.87. The number of ether oxygens (including phenoxy) is 1. The van der Waals surface area contributed by atoms with Crippen LogP contribution >= 0.6 is 0 Å². The maximum absolute atomic E-state index is 5.03. The van der Waals surface area contributed by atoms with Crippen LogP contribution < -0.4 is 5.32 Å². The van der Waals surface area contributed by atoms with Gasteiger partial charge in [-0.2, -0.15) is 0 Å². The average Bonchev–Trinajstić information content (AvgIpc) is 2.67. The van der Waals surface area contributed by atoms with E-state index in [0.29, 0.717) is 5.92 Å². The minimum atomic E-state index is 0.701. The molecule has 0 aliphatic heterocycles. The van der Waals surface area contributed by atoms with E-state index in [2.05, 4.69) is 30.4 Å². The van der Waals surface area contributed by atoms with Crippen LogP contribution in [0.5, 0.6) is 0 Å². The smallest absolute Gasteiger partial charge is 0.0587 e. The topological polar surface area (TPSA) is 21.3 Å². The van der Waals surface area contributed by atoms with Gasteiger partial charge >= 0.3 is 0 Å². The molecule has 1 aromatic rings. The van der Waals surface area contributed by atoms with Crippen molar-refractivity contribution >= 4 is 0 Å². The lowest BCUT2D eigenvalue weighted by molar-refractivity contribution is 0.199. The predicted octanol–water partition coefficient (Wildman–Crippen LogP) is 2.26. The number of fused-ring (bicyclic) bond motifs is 1. The van der Waals surface area contributed by atoms with Gasteiger partial charge in [-0.05, 0) is 36.8 Å². The molecule has 2 rings (SSSR count). The predicted molar refractivity (Wildman–Crippen MR) is 67.0 cm³/mol. The van der Waals surface area contributed by atoms with Crippen LogP contribution in [0, 0.1) is 6.92 Å². The number of benzene rings is 1. The molecule has 16 heavy (non-hydrogen) atoms. The fraction of sp³-hybridized carbons (Fsp3) is 0.571. The summed E-state index contributed by atoms with van der Waals surface area (Å²) in [6.45, 7) is 5.01. The zero-order valence-electron chi connectivity index (χ0n) is 10.3. The average molecular weight is 219 g/mol. The summed E-state index contributed by atoms with van der Waals surface area (Å²) in [4.78, 5) is 0. The summed E-state index contributed by atoms with van der Waals surface area (Å²) in [7, 11) is 1.75. The van der Waals surface area contributed by atoms with Crippen LogP contribution in [-0.4, -0.2) is 26.8 Å². The van der Waals surface area contributed by atoms with Crippen LogP contribution in [0.25, 0.3) is 0 Å². The van der Waals surface area contributed by atoms with Gasteiger partial charge < -0.3 is 10.1 Å². The molecule has 0 aromatic heterocycles. The van der Waals surface area contributed by atoms with Gasteiger partial charge in [0.1, 0.15) is 0 Å². The van der Waals surface area contributed by atoms with Crippen LogP contribution in [-0.2, 0) is 11.2 Å². The summed E-state index contributed by atoms with van der Waals surface area (Å²) >= 11 is 0.